The summed E-state index contributed by atoms with van der Waals surface area (Å²) in [5, 5.41) is 10.9. The van der Waals surface area contributed by atoms with Crippen LogP contribution in [0.1, 0.15) is 53.3 Å². The molecule has 2 aromatic rings. The maximum atomic E-state index is 11.1. The molecule has 0 atom stereocenters. The van der Waals surface area contributed by atoms with Gasteiger partial charge in [-0.25, -0.2) is 4.79 Å². The number of carboxylic acids is 1. The molecule has 0 radical (unpaired) electrons. The Morgan fingerprint density at radius 2 is 1.86 bits per heavy atom. The summed E-state index contributed by atoms with van der Waals surface area (Å²) in [5.74, 6) is -0.165. The highest BCUT2D eigenvalue weighted by Crippen LogP contribution is 2.34. The van der Waals surface area contributed by atoms with E-state index in [1.165, 1.54) is 61.0 Å². The minimum Gasteiger partial charge on any atom is -0.477 e. The number of thiophene rings is 1. The van der Waals surface area contributed by atoms with Gasteiger partial charge in [0.15, 0.2) is 0 Å². The van der Waals surface area contributed by atoms with Gasteiger partial charge in [0.25, 0.3) is 0 Å². The quantitative estimate of drug-likeness (QED) is 0.698. The Morgan fingerprint density at radius 3 is 2.55 bits per heavy atom. The molecule has 0 unspecified atom stereocenters. The molecule has 0 amide bonds. The molecule has 0 aliphatic heterocycles. The number of carbonyl (C=O) groups is 1. The Labute approximate surface area is 138 Å². The number of hydrogen-bond acceptors (Lipinski definition) is 4. The van der Waals surface area contributed by atoms with E-state index in [0.29, 0.717) is 10.6 Å². The Balaban J connectivity index is 1.61. The van der Waals surface area contributed by atoms with E-state index < -0.39 is 5.97 Å². The second-order valence-electron chi connectivity index (χ2n) is 5.58. The van der Waals surface area contributed by atoms with Crippen LogP contribution in [0.4, 0.5) is 5.69 Å². The second-order valence-corrected chi connectivity index (χ2v) is 7.37. The molecule has 1 aliphatic rings. The Hall–Kier alpha value is -1.46. The lowest BCUT2D eigenvalue weighted by Gasteiger charge is -2.22. The molecule has 3 rings (SSSR count). The predicted octanol–water partition coefficient (Wildman–Crippen LogP) is 5.61. The van der Waals surface area contributed by atoms with Crippen LogP contribution in [0.25, 0.3) is 0 Å². The van der Waals surface area contributed by atoms with Crippen LogP contribution in [-0.4, -0.2) is 11.1 Å². The van der Waals surface area contributed by atoms with Gasteiger partial charge in [-0.1, -0.05) is 31.4 Å². The largest absolute Gasteiger partial charge is 0.477 e. The standard InChI is InChI=1S/C17H19NO2S2/c19-17(20)16-15(10-11-21-16)18-22-14-8-6-13(7-9-14)12-4-2-1-3-5-12/h6-12,18H,1-5H2,(H,19,20). The monoisotopic (exact) mass is 333 g/mol. The van der Waals surface area contributed by atoms with Gasteiger partial charge in [0.2, 0.25) is 0 Å². The molecule has 1 aliphatic carbocycles. The molecule has 1 heterocycles. The average Bonchev–Trinajstić information content (AvgIpc) is 3.03. The SMILES string of the molecule is O=C(O)c1sccc1NSc1ccc(C2CCCCC2)cc1. The number of rotatable bonds is 5. The van der Waals surface area contributed by atoms with Crippen molar-refractivity contribution in [2.24, 2.45) is 0 Å². The van der Waals surface area contributed by atoms with Crippen molar-refractivity contribution in [3.05, 3.63) is 46.2 Å². The zero-order valence-electron chi connectivity index (χ0n) is 12.2. The first-order chi connectivity index (χ1) is 10.7. The van der Waals surface area contributed by atoms with Gasteiger partial charge in [0, 0.05) is 4.90 Å². The van der Waals surface area contributed by atoms with Crippen molar-refractivity contribution in [1.29, 1.82) is 0 Å². The average molecular weight is 333 g/mol. The van der Waals surface area contributed by atoms with Gasteiger partial charge in [-0.2, -0.15) is 0 Å². The van der Waals surface area contributed by atoms with E-state index in [4.69, 9.17) is 5.11 Å². The summed E-state index contributed by atoms with van der Waals surface area (Å²) in [5.41, 5.74) is 2.10. The fraction of sp³-hybridized carbons (Fsp3) is 0.353. The van der Waals surface area contributed by atoms with E-state index in [9.17, 15) is 4.79 Å². The fourth-order valence-electron chi connectivity index (χ4n) is 2.91. The van der Waals surface area contributed by atoms with Crippen molar-refractivity contribution in [3.63, 3.8) is 0 Å². The van der Waals surface area contributed by atoms with Gasteiger partial charge >= 0.3 is 5.97 Å². The number of aromatic carboxylic acids is 1. The van der Waals surface area contributed by atoms with Crippen LogP contribution in [0.15, 0.2) is 40.6 Å². The zero-order valence-corrected chi connectivity index (χ0v) is 13.9. The molecule has 0 spiro atoms. The predicted molar refractivity (Wildman–Crippen MR) is 93.0 cm³/mol. The zero-order chi connectivity index (χ0) is 15.4. The van der Waals surface area contributed by atoms with Crippen LogP contribution in [0.5, 0.6) is 0 Å². The van der Waals surface area contributed by atoms with Crippen molar-refractivity contribution in [2.45, 2.75) is 42.9 Å². The van der Waals surface area contributed by atoms with Gasteiger partial charge in [-0.15, -0.1) is 11.3 Å². The molecule has 22 heavy (non-hydrogen) atoms. The van der Waals surface area contributed by atoms with Crippen molar-refractivity contribution >= 4 is 34.9 Å². The number of carboxylic acid groups (broad SMARTS) is 1. The lowest BCUT2D eigenvalue weighted by molar-refractivity contribution is 0.0703. The van der Waals surface area contributed by atoms with Crippen LogP contribution < -0.4 is 4.72 Å². The maximum absolute atomic E-state index is 11.1. The summed E-state index contributed by atoms with van der Waals surface area (Å²) in [6.45, 7) is 0. The Morgan fingerprint density at radius 1 is 1.14 bits per heavy atom. The third-order valence-electron chi connectivity index (χ3n) is 4.09. The smallest absolute Gasteiger partial charge is 0.348 e. The summed E-state index contributed by atoms with van der Waals surface area (Å²) >= 11 is 2.70. The molecule has 1 fully saturated rings. The first kappa shape index (κ1) is 15.4. The summed E-state index contributed by atoms with van der Waals surface area (Å²) < 4.78 is 3.14. The van der Waals surface area contributed by atoms with E-state index in [1.807, 2.05) is 0 Å². The number of hydrogen-bond donors (Lipinski definition) is 2. The van der Waals surface area contributed by atoms with E-state index in [0.717, 1.165) is 10.8 Å². The normalized spacial score (nSPS) is 15.6. The number of benzene rings is 1. The molecule has 5 heteroatoms. The molecular weight excluding hydrogens is 314 g/mol. The number of nitrogens with one attached hydrogen (secondary N) is 1. The van der Waals surface area contributed by atoms with Gasteiger partial charge < -0.3 is 9.83 Å². The summed E-state index contributed by atoms with van der Waals surface area (Å²) in [6.07, 6.45) is 6.68. The molecule has 3 nitrogen and oxygen atoms in total. The first-order valence-electron chi connectivity index (χ1n) is 7.57. The Bertz CT molecular complexity index is 630. The highest BCUT2D eigenvalue weighted by atomic mass is 32.2. The molecule has 0 bridgehead atoms. The summed E-state index contributed by atoms with van der Waals surface area (Å²) in [6, 6.07) is 10.5. The van der Waals surface area contributed by atoms with Crippen molar-refractivity contribution in [1.82, 2.24) is 0 Å². The first-order valence-corrected chi connectivity index (χ1v) is 9.27. The minimum absolute atomic E-state index is 0.353. The van der Waals surface area contributed by atoms with E-state index >= 15 is 0 Å². The molecule has 1 saturated carbocycles. The van der Waals surface area contributed by atoms with Gasteiger partial charge in [-0.3, -0.25) is 0 Å². The topological polar surface area (TPSA) is 49.3 Å². The molecule has 116 valence electrons. The molecular formula is C17H19NO2S2. The second kappa shape index (κ2) is 7.20. The molecule has 2 N–H and O–H groups in total. The summed E-state index contributed by atoms with van der Waals surface area (Å²) in [7, 11) is 0. The van der Waals surface area contributed by atoms with Crippen LogP contribution in [-0.2, 0) is 0 Å². The van der Waals surface area contributed by atoms with E-state index in [-0.39, 0.29) is 0 Å². The van der Waals surface area contributed by atoms with E-state index in [1.54, 1.807) is 11.4 Å². The van der Waals surface area contributed by atoms with Crippen LogP contribution >= 0.6 is 23.3 Å². The van der Waals surface area contributed by atoms with Gasteiger partial charge in [0.1, 0.15) is 4.88 Å². The third-order valence-corrected chi connectivity index (χ3v) is 5.83. The van der Waals surface area contributed by atoms with Crippen LogP contribution in [0.3, 0.4) is 0 Å². The third kappa shape index (κ3) is 3.65. The highest BCUT2D eigenvalue weighted by molar-refractivity contribution is 8.00. The van der Waals surface area contributed by atoms with Crippen LogP contribution in [0.2, 0.25) is 0 Å². The highest BCUT2D eigenvalue weighted by Gasteiger charge is 2.15. The van der Waals surface area contributed by atoms with Crippen molar-refractivity contribution in [3.8, 4) is 0 Å². The molecule has 1 aromatic carbocycles. The molecule has 0 saturated heterocycles. The lowest BCUT2D eigenvalue weighted by atomic mass is 9.84. The molecule has 1 aromatic heterocycles. The van der Waals surface area contributed by atoms with Gasteiger partial charge in [-0.05, 0) is 59.9 Å². The summed E-state index contributed by atoms with van der Waals surface area (Å²) in [4.78, 5) is 12.5. The minimum atomic E-state index is -0.884. The maximum Gasteiger partial charge on any atom is 0.348 e. The fourth-order valence-corrected chi connectivity index (χ4v) is 4.33. The van der Waals surface area contributed by atoms with Gasteiger partial charge in [0.05, 0.1) is 5.69 Å². The Kier molecular flexibility index (Phi) is 5.05. The van der Waals surface area contributed by atoms with Crippen molar-refractivity contribution in [2.75, 3.05) is 4.72 Å². The lowest BCUT2D eigenvalue weighted by Crippen LogP contribution is -2.04. The van der Waals surface area contributed by atoms with Crippen molar-refractivity contribution < 1.29 is 9.90 Å². The van der Waals surface area contributed by atoms with Crippen LogP contribution in [0, 0.1) is 0 Å². The number of anilines is 1. The van der Waals surface area contributed by atoms with E-state index in [2.05, 4.69) is 29.0 Å².